The van der Waals surface area contributed by atoms with Crippen LogP contribution in [0.2, 0.25) is 0 Å². The number of carboxylic acids is 1. The average Bonchev–Trinajstić information content (AvgIpc) is 2.91. The predicted octanol–water partition coefficient (Wildman–Crippen LogP) is 2.60. The number of hydrogen-bond donors (Lipinski definition) is 2. The highest BCUT2D eigenvalue weighted by Crippen LogP contribution is 2.54. The maximum absolute atomic E-state index is 12.8. The Bertz CT molecular complexity index is 838. The van der Waals surface area contributed by atoms with Crippen molar-refractivity contribution in [1.82, 2.24) is 10.2 Å². The molecule has 0 bridgehead atoms. The zero-order chi connectivity index (χ0) is 21.7. The minimum absolute atomic E-state index is 0.380. The number of aliphatic carboxylic acids is 1. The van der Waals surface area contributed by atoms with Crippen molar-refractivity contribution < 1.29 is 24.2 Å². The van der Waals surface area contributed by atoms with E-state index in [0.717, 1.165) is 0 Å². The van der Waals surface area contributed by atoms with Gasteiger partial charge in [-0.15, -0.1) is 11.8 Å². The number of rotatable bonds is 6. The van der Waals surface area contributed by atoms with Crippen molar-refractivity contribution in [2.45, 2.75) is 75.3 Å². The summed E-state index contributed by atoms with van der Waals surface area (Å²) in [6.45, 7) is 11.1. The maximum atomic E-state index is 12.8. The molecule has 2 fully saturated rings. The van der Waals surface area contributed by atoms with Crippen LogP contribution in [0.4, 0.5) is 0 Å². The lowest BCUT2D eigenvalue weighted by Gasteiger charge is -2.51. The molecule has 0 spiro atoms. The average molecular weight is 421 g/mol. The molecule has 2 saturated heterocycles. The molecule has 2 N–H and O–H groups in total. The van der Waals surface area contributed by atoms with Gasteiger partial charge in [0.25, 0.3) is 11.8 Å². The van der Waals surface area contributed by atoms with Gasteiger partial charge in [0.05, 0.1) is 0 Å². The molecule has 0 saturated carbocycles. The summed E-state index contributed by atoms with van der Waals surface area (Å²) in [5, 5.41) is 11.9. The maximum Gasteiger partial charge on any atom is 0.327 e. The molecule has 4 atom stereocenters. The quantitative estimate of drug-likeness (QED) is 0.687. The molecule has 2 amide bonds. The first-order valence-corrected chi connectivity index (χ1v) is 10.6. The molecule has 2 heterocycles. The van der Waals surface area contributed by atoms with E-state index in [4.69, 9.17) is 4.74 Å². The van der Waals surface area contributed by atoms with Crippen LogP contribution in [0.25, 0.3) is 0 Å². The van der Waals surface area contributed by atoms with E-state index in [1.165, 1.54) is 22.2 Å². The first-order valence-electron chi connectivity index (χ1n) is 9.70. The van der Waals surface area contributed by atoms with Crippen LogP contribution in [-0.2, 0) is 14.4 Å². The first-order chi connectivity index (χ1) is 13.4. The molecule has 0 radical (unpaired) electrons. The summed E-state index contributed by atoms with van der Waals surface area (Å²) in [7, 11) is 0. The SMILES string of the molecule is CC(Oc1ccc(C(C)C)cc1)C(=O)N[C@@]1(C)C(=O)N2[C@@H](C(=O)O)C(C)(C)S[C@@H]21. The first kappa shape index (κ1) is 21.5. The van der Waals surface area contributed by atoms with Crippen molar-refractivity contribution >= 4 is 29.5 Å². The zero-order valence-electron chi connectivity index (χ0n) is 17.6. The van der Waals surface area contributed by atoms with Crippen molar-refractivity contribution in [1.29, 1.82) is 0 Å². The van der Waals surface area contributed by atoms with E-state index in [1.54, 1.807) is 27.7 Å². The van der Waals surface area contributed by atoms with Crippen molar-refractivity contribution in [3.05, 3.63) is 29.8 Å². The number of ether oxygens (including phenoxy) is 1. The third kappa shape index (κ3) is 3.58. The number of hydrogen-bond acceptors (Lipinski definition) is 5. The molecule has 7 nitrogen and oxygen atoms in total. The third-order valence-corrected chi connectivity index (χ3v) is 7.38. The smallest absolute Gasteiger partial charge is 0.327 e. The Morgan fingerprint density at radius 1 is 1.17 bits per heavy atom. The molecule has 2 aliphatic rings. The molecule has 1 aromatic rings. The number of β-lactam (4-membered cyclic amide) rings is 1. The van der Waals surface area contributed by atoms with Crippen molar-refractivity contribution in [3.8, 4) is 5.75 Å². The summed E-state index contributed by atoms with van der Waals surface area (Å²) in [5.74, 6) is -0.847. The number of carbonyl (C=O) groups excluding carboxylic acids is 2. The van der Waals surface area contributed by atoms with Crippen LogP contribution in [0, 0.1) is 0 Å². The second kappa shape index (κ2) is 7.23. The summed E-state index contributed by atoms with van der Waals surface area (Å²) >= 11 is 1.40. The molecule has 2 aliphatic heterocycles. The highest BCUT2D eigenvalue weighted by atomic mass is 32.2. The van der Waals surface area contributed by atoms with Crippen LogP contribution in [0.3, 0.4) is 0 Å². The van der Waals surface area contributed by atoms with Gasteiger partial charge in [0.2, 0.25) is 0 Å². The highest BCUT2D eigenvalue weighted by molar-refractivity contribution is 8.01. The Balaban J connectivity index is 1.67. The number of carboxylic acid groups (broad SMARTS) is 1. The topological polar surface area (TPSA) is 95.9 Å². The Hall–Kier alpha value is -2.22. The third-order valence-electron chi connectivity index (χ3n) is 5.62. The Morgan fingerprint density at radius 2 is 1.76 bits per heavy atom. The Labute approximate surface area is 175 Å². The van der Waals surface area contributed by atoms with Crippen LogP contribution in [0.1, 0.15) is 53.0 Å². The van der Waals surface area contributed by atoms with Crippen molar-refractivity contribution in [3.63, 3.8) is 0 Å². The molecule has 8 heteroatoms. The molecular formula is C21H28N2O5S. The van der Waals surface area contributed by atoms with Gasteiger partial charge < -0.3 is 20.1 Å². The van der Waals surface area contributed by atoms with Crippen LogP contribution in [-0.4, -0.2) is 55.6 Å². The van der Waals surface area contributed by atoms with Gasteiger partial charge >= 0.3 is 5.97 Å². The number of benzene rings is 1. The van der Waals surface area contributed by atoms with Crippen LogP contribution < -0.4 is 10.1 Å². The van der Waals surface area contributed by atoms with Gasteiger partial charge in [-0.2, -0.15) is 0 Å². The Kier molecular flexibility index (Phi) is 5.36. The Morgan fingerprint density at radius 3 is 2.28 bits per heavy atom. The number of thioether (sulfide) groups is 1. The van der Waals surface area contributed by atoms with Gasteiger partial charge in [-0.05, 0) is 51.3 Å². The normalized spacial score (nSPS) is 28.5. The number of fused-ring (bicyclic) bond motifs is 1. The second-order valence-corrected chi connectivity index (χ2v) is 10.4. The predicted molar refractivity (Wildman–Crippen MR) is 111 cm³/mol. The standard InChI is InChI=1S/C21H28N2O5S/c1-11(2)13-7-9-14(10-8-13)28-12(3)16(24)22-21(6)18(27)23-15(17(25)26)20(4,5)29-19(21)23/h7-12,15,19H,1-6H3,(H,22,24)(H,25,26)/t12?,15-,19+,21-/m0/s1. The van der Waals surface area contributed by atoms with Crippen LogP contribution in [0.5, 0.6) is 5.75 Å². The summed E-state index contributed by atoms with van der Waals surface area (Å²) in [6, 6.07) is 6.65. The van der Waals surface area contributed by atoms with E-state index in [-0.39, 0.29) is 5.91 Å². The zero-order valence-corrected chi connectivity index (χ0v) is 18.4. The minimum Gasteiger partial charge on any atom is -0.481 e. The summed E-state index contributed by atoms with van der Waals surface area (Å²) in [4.78, 5) is 38.5. The van der Waals surface area contributed by atoms with Gasteiger partial charge in [-0.3, -0.25) is 9.59 Å². The van der Waals surface area contributed by atoms with E-state index < -0.39 is 39.7 Å². The van der Waals surface area contributed by atoms with E-state index in [2.05, 4.69) is 19.2 Å². The number of nitrogens with one attached hydrogen (secondary N) is 1. The fourth-order valence-corrected chi connectivity index (χ4v) is 5.53. The van der Waals surface area contributed by atoms with E-state index in [1.807, 2.05) is 24.3 Å². The fourth-order valence-electron chi connectivity index (χ4n) is 3.88. The monoisotopic (exact) mass is 420 g/mol. The van der Waals surface area contributed by atoms with Crippen LogP contribution in [0.15, 0.2) is 24.3 Å². The molecule has 158 valence electrons. The minimum atomic E-state index is -1.15. The largest absolute Gasteiger partial charge is 0.481 e. The molecule has 1 aromatic carbocycles. The van der Waals surface area contributed by atoms with Gasteiger partial charge in [0.15, 0.2) is 6.10 Å². The van der Waals surface area contributed by atoms with Crippen molar-refractivity contribution in [2.75, 3.05) is 0 Å². The van der Waals surface area contributed by atoms with E-state index in [0.29, 0.717) is 11.7 Å². The van der Waals surface area contributed by atoms with Gasteiger partial charge in [-0.25, -0.2) is 4.79 Å². The summed E-state index contributed by atoms with van der Waals surface area (Å²) < 4.78 is 5.09. The molecule has 0 aromatic heterocycles. The van der Waals surface area contributed by atoms with E-state index >= 15 is 0 Å². The lowest BCUT2D eigenvalue weighted by atomic mass is 9.86. The van der Waals surface area contributed by atoms with E-state index in [9.17, 15) is 19.5 Å². The number of nitrogens with zero attached hydrogens (tertiary/aromatic N) is 1. The lowest BCUT2D eigenvalue weighted by molar-refractivity contribution is -0.168. The molecule has 3 rings (SSSR count). The summed E-state index contributed by atoms with van der Waals surface area (Å²) in [5.41, 5.74) is 0.0264. The van der Waals surface area contributed by atoms with Gasteiger partial charge in [-0.1, -0.05) is 26.0 Å². The second-order valence-electron chi connectivity index (χ2n) is 8.70. The van der Waals surface area contributed by atoms with Crippen LogP contribution >= 0.6 is 11.8 Å². The molecule has 0 aliphatic carbocycles. The summed E-state index contributed by atoms with van der Waals surface area (Å²) in [6.07, 6.45) is -0.798. The lowest BCUT2D eigenvalue weighted by Crippen LogP contribution is -2.78. The number of carbonyl (C=O) groups is 3. The molecular weight excluding hydrogens is 392 g/mol. The van der Waals surface area contributed by atoms with Gasteiger partial charge in [0.1, 0.15) is 22.7 Å². The van der Waals surface area contributed by atoms with Crippen molar-refractivity contribution in [2.24, 2.45) is 0 Å². The number of amides is 2. The molecule has 1 unspecified atom stereocenters. The van der Waals surface area contributed by atoms with Gasteiger partial charge in [0, 0.05) is 4.75 Å². The molecule has 29 heavy (non-hydrogen) atoms. The fraction of sp³-hybridized carbons (Fsp3) is 0.571. The highest BCUT2D eigenvalue weighted by Gasteiger charge is 2.70.